The average Bonchev–Trinajstić information content (AvgIpc) is 2.33. The molecule has 3 nitrogen and oxygen atoms in total. The second-order valence-corrected chi connectivity index (χ2v) is 4.35. The predicted octanol–water partition coefficient (Wildman–Crippen LogP) is 3.33. The summed E-state index contributed by atoms with van der Waals surface area (Å²) in [6, 6.07) is 4.68. The maximum absolute atomic E-state index is 14.0. The van der Waals surface area contributed by atoms with Crippen LogP contribution in [0.15, 0.2) is 36.4 Å². The summed E-state index contributed by atoms with van der Waals surface area (Å²) >= 11 is 0. The molecule has 102 valence electrons. The first-order valence-electron chi connectivity index (χ1n) is 6.04. The van der Waals surface area contributed by atoms with E-state index < -0.39 is 5.97 Å². The summed E-state index contributed by atoms with van der Waals surface area (Å²) in [5, 5.41) is 8.53. The Kier molecular flexibility index (Phi) is 5.30. The Morgan fingerprint density at radius 1 is 1.53 bits per heavy atom. The number of aliphatic carboxylic acids is 1. The number of hydrogen-bond donors (Lipinski definition) is 1. The molecule has 0 radical (unpaired) electrons. The molecule has 0 amide bonds. The van der Waals surface area contributed by atoms with Gasteiger partial charge in [-0.25, -0.2) is 9.18 Å². The normalized spacial score (nSPS) is 10.7. The minimum absolute atomic E-state index is 0.365. The van der Waals surface area contributed by atoms with Gasteiger partial charge in [-0.15, -0.1) is 0 Å². The molecular weight excluding hydrogens is 245 g/mol. The van der Waals surface area contributed by atoms with Gasteiger partial charge in [0.25, 0.3) is 0 Å². The van der Waals surface area contributed by atoms with Crippen LogP contribution in [0.3, 0.4) is 0 Å². The molecular formula is C15H18FNO2. The molecule has 0 aliphatic carbocycles. The number of benzene rings is 1. The first kappa shape index (κ1) is 15.0. The van der Waals surface area contributed by atoms with Crippen molar-refractivity contribution in [3.05, 3.63) is 47.8 Å². The standard InChI is InChI=1S/C15H18FNO2/c1-4-17(10-11(2)3)14-7-5-12(9-13(14)16)6-8-15(18)19/h5-9H,2,4,10H2,1,3H3,(H,18,19)/b8-6+. The lowest BCUT2D eigenvalue weighted by Crippen LogP contribution is -2.25. The molecule has 1 rings (SSSR count). The third-order valence-corrected chi connectivity index (χ3v) is 2.57. The van der Waals surface area contributed by atoms with Crippen LogP contribution in [-0.4, -0.2) is 24.2 Å². The number of hydrogen-bond acceptors (Lipinski definition) is 2. The number of anilines is 1. The predicted molar refractivity (Wildman–Crippen MR) is 75.8 cm³/mol. The molecule has 0 saturated heterocycles. The van der Waals surface area contributed by atoms with Crippen molar-refractivity contribution in [2.24, 2.45) is 0 Å². The topological polar surface area (TPSA) is 40.5 Å². The molecule has 19 heavy (non-hydrogen) atoms. The third kappa shape index (κ3) is 4.58. The summed E-state index contributed by atoms with van der Waals surface area (Å²) in [4.78, 5) is 12.3. The molecule has 1 aromatic rings. The highest BCUT2D eigenvalue weighted by Gasteiger charge is 2.10. The van der Waals surface area contributed by atoms with Gasteiger partial charge in [0.05, 0.1) is 5.69 Å². The second kappa shape index (κ2) is 6.73. The van der Waals surface area contributed by atoms with Crippen LogP contribution in [0.2, 0.25) is 0 Å². The molecule has 1 aromatic carbocycles. The lowest BCUT2D eigenvalue weighted by molar-refractivity contribution is -0.131. The van der Waals surface area contributed by atoms with Crippen LogP contribution in [0, 0.1) is 5.82 Å². The van der Waals surface area contributed by atoms with Crippen LogP contribution in [0.5, 0.6) is 0 Å². The first-order valence-corrected chi connectivity index (χ1v) is 6.04. The van der Waals surface area contributed by atoms with E-state index in [2.05, 4.69) is 6.58 Å². The van der Waals surface area contributed by atoms with Crippen LogP contribution in [0.25, 0.3) is 6.08 Å². The molecule has 0 spiro atoms. The van der Waals surface area contributed by atoms with Gasteiger partial charge < -0.3 is 10.0 Å². The van der Waals surface area contributed by atoms with E-state index in [0.29, 0.717) is 24.3 Å². The number of carboxylic acid groups (broad SMARTS) is 1. The summed E-state index contributed by atoms with van der Waals surface area (Å²) in [5.41, 5.74) is 1.98. The Bertz CT molecular complexity index is 509. The van der Waals surface area contributed by atoms with Gasteiger partial charge in [0.15, 0.2) is 0 Å². The van der Waals surface area contributed by atoms with E-state index in [-0.39, 0.29) is 5.82 Å². The third-order valence-electron chi connectivity index (χ3n) is 2.57. The van der Waals surface area contributed by atoms with Crippen LogP contribution >= 0.6 is 0 Å². The van der Waals surface area contributed by atoms with Gasteiger partial charge in [-0.3, -0.25) is 0 Å². The number of halogens is 1. The molecule has 1 N–H and O–H groups in total. The van der Waals surface area contributed by atoms with Gasteiger partial charge in [0.2, 0.25) is 0 Å². The zero-order valence-corrected chi connectivity index (χ0v) is 11.2. The van der Waals surface area contributed by atoms with Crippen molar-refractivity contribution in [1.82, 2.24) is 0 Å². The zero-order chi connectivity index (χ0) is 14.4. The highest BCUT2D eigenvalue weighted by atomic mass is 19.1. The molecule has 4 heteroatoms. The number of nitrogens with zero attached hydrogens (tertiary/aromatic N) is 1. The molecule has 0 saturated carbocycles. The van der Waals surface area contributed by atoms with Gasteiger partial charge in [-0.1, -0.05) is 18.2 Å². The van der Waals surface area contributed by atoms with Gasteiger partial charge in [0, 0.05) is 19.2 Å². The highest BCUT2D eigenvalue weighted by molar-refractivity contribution is 5.85. The van der Waals surface area contributed by atoms with Gasteiger partial charge in [-0.2, -0.15) is 0 Å². The van der Waals surface area contributed by atoms with E-state index in [1.165, 1.54) is 12.1 Å². The summed E-state index contributed by atoms with van der Waals surface area (Å²) < 4.78 is 14.0. The molecule has 0 fully saturated rings. The highest BCUT2D eigenvalue weighted by Crippen LogP contribution is 2.21. The largest absolute Gasteiger partial charge is 0.478 e. The van der Waals surface area contributed by atoms with Crippen molar-refractivity contribution in [2.45, 2.75) is 13.8 Å². The summed E-state index contributed by atoms with van der Waals surface area (Å²) in [6.45, 7) is 8.93. The van der Waals surface area contributed by atoms with Crippen LogP contribution in [-0.2, 0) is 4.79 Å². The second-order valence-electron chi connectivity index (χ2n) is 4.35. The van der Waals surface area contributed by atoms with Gasteiger partial charge in [0.1, 0.15) is 5.82 Å². The summed E-state index contributed by atoms with van der Waals surface area (Å²) in [6.07, 6.45) is 2.35. The minimum Gasteiger partial charge on any atom is -0.478 e. The first-order chi connectivity index (χ1) is 8.93. The van der Waals surface area contributed by atoms with Gasteiger partial charge >= 0.3 is 5.97 Å². The molecule has 0 aromatic heterocycles. The minimum atomic E-state index is -1.05. The van der Waals surface area contributed by atoms with E-state index in [1.807, 2.05) is 18.7 Å². The molecule has 0 aliphatic rings. The summed E-state index contributed by atoms with van der Waals surface area (Å²) in [5.74, 6) is -1.42. The van der Waals surface area contributed by atoms with E-state index in [0.717, 1.165) is 11.6 Å². The lowest BCUT2D eigenvalue weighted by Gasteiger charge is -2.23. The average molecular weight is 263 g/mol. The smallest absolute Gasteiger partial charge is 0.328 e. The van der Waals surface area contributed by atoms with Crippen molar-refractivity contribution >= 4 is 17.7 Å². The van der Waals surface area contributed by atoms with Crippen molar-refractivity contribution in [2.75, 3.05) is 18.0 Å². The van der Waals surface area contributed by atoms with Crippen LogP contribution in [0.4, 0.5) is 10.1 Å². The van der Waals surface area contributed by atoms with Crippen LogP contribution < -0.4 is 4.90 Å². The number of likely N-dealkylation sites (N-methyl/N-ethyl adjacent to an activating group) is 1. The Hall–Kier alpha value is -2.10. The molecule has 0 unspecified atom stereocenters. The fraction of sp³-hybridized carbons (Fsp3) is 0.267. The van der Waals surface area contributed by atoms with E-state index in [4.69, 9.17) is 5.11 Å². The molecule has 0 aliphatic heterocycles. The fourth-order valence-electron chi connectivity index (χ4n) is 1.74. The van der Waals surface area contributed by atoms with E-state index >= 15 is 0 Å². The summed E-state index contributed by atoms with van der Waals surface area (Å²) in [7, 11) is 0. The Morgan fingerprint density at radius 3 is 2.68 bits per heavy atom. The number of carboxylic acids is 1. The van der Waals surface area contributed by atoms with Gasteiger partial charge in [-0.05, 0) is 37.6 Å². The fourth-order valence-corrected chi connectivity index (χ4v) is 1.74. The maximum Gasteiger partial charge on any atom is 0.328 e. The monoisotopic (exact) mass is 263 g/mol. The van der Waals surface area contributed by atoms with Crippen molar-refractivity contribution in [3.8, 4) is 0 Å². The quantitative estimate of drug-likeness (QED) is 0.632. The molecule has 0 heterocycles. The molecule has 0 bridgehead atoms. The Labute approximate surface area is 112 Å². The van der Waals surface area contributed by atoms with Crippen LogP contribution in [0.1, 0.15) is 19.4 Å². The van der Waals surface area contributed by atoms with Crippen molar-refractivity contribution in [1.29, 1.82) is 0 Å². The number of rotatable bonds is 6. The number of carbonyl (C=O) groups is 1. The Balaban J connectivity index is 2.98. The van der Waals surface area contributed by atoms with Crippen molar-refractivity contribution in [3.63, 3.8) is 0 Å². The van der Waals surface area contributed by atoms with Crippen molar-refractivity contribution < 1.29 is 14.3 Å². The lowest BCUT2D eigenvalue weighted by atomic mass is 10.1. The molecule has 0 atom stereocenters. The zero-order valence-electron chi connectivity index (χ0n) is 11.2. The Morgan fingerprint density at radius 2 is 2.21 bits per heavy atom. The van der Waals surface area contributed by atoms with E-state index in [1.54, 1.807) is 12.1 Å². The maximum atomic E-state index is 14.0. The van der Waals surface area contributed by atoms with E-state index in [9.17, 15) is 9.18 Å². The SMILES string of the molecule is C=C(C)CN(CC)c1ccc(/C=C/C(=O)O)cc1F.